The summed E-state index contributed by atoms with van der Waals surface area (Å²) in [6, 6.07) is 7.02. The smallest absolute Gasteiger partial charge is 0.339 e. The highest BCUT2D eigenvalue weighted by molar-refractivity contribution is 5.79. The number of carbonyl (C=O) groups excluding carboxylic acids is 1. The van der Waals surface area contributed by atoms with Crippen molar-refractivity contribution in [2.24, 2.45) is 5.92 Å². The summed E-state index contributed by atoms with van der Waals surface area (Å²) >= 11 is 0. The molecule has 2 aromatic carbocycles. The number of rotatable bonds is 3. The van der Waals surface area contributed by atoms with Crippen molar-refractivity contribution in [3.05, 3.63) is 70.5 Å². The number of benzene rings is 2. The maximum atomic E-state index is 13.0. The number of alkyl halides is 6. The second kappa shape index (κ2) is 11.2. The van der Waals surface area contributed by atoms with Gasteiger partial charge in [-0.1, -0.05) is 12.1 Å². The van der Waals surface area contributed by atoms with Crippen LogP contribution < -0.4 is 5.32 Å². The van der Waals surface area contributed by atoms with Crippen LogP contribution in [0.15, 0.2) is 42.5 Å². The number of nitrogens with one attached hydrogen (secondary N) is 1. The molecule has 0 aromatic heterocycles. The van der Waals surface area contributed by atoms with Crippen molar-refractivity contribution in [1.82, 2.24) is 10.2 Å². The summed E-state index contributed by atoms with van der Waals surface area (Å²) in [6.45, 7) is 4.60. The molecule has 0 saturated carbocycles. The van der Waals surface area contributed by atoms with Crippen LogP contribution in [0.5, 0.6) is 0 Å². The molecule has 1 aliphatic rings. The van der Waals surface area contributed by atoms with Crippen molar-refractivity contribution in [2.75, 3.05) is 20.1 Å². The van der Waals surface area contributed by atoms with E-state index < -0.39 is 29.5 Å². The van der Waals surface area contributed by atoms with E-state index in [4.69, 9.17) is 0 Å². The molecule has 1 aliphatic heterocycles. The maximum absolute atomic E-state index is 13.0. The third kappa shape index (κ3) is 7.72. The number of piperidine rings is 1. The number of aryl methyl sites for hydroxylation is 1. The molecule has 2 aromatic rings. The second-order valence-electron chi connectivity index (χ2n) is 8.29. The van der Waals surface area contributed by atoms with Gasteiger partial charge in [0.1, 0.15) is 5.82 Å². The van der Waals surface area contributed by atoms with Gasteiger partial charge in [-0.05, 0) is 81.2 Å². The first kappa shape index (κ1) is 27.6. The number of amides is 1. The monoisotopic (exact) mass is 492 g/mol. The summed E-state index contributed by atoms with van der Waals surface area (Å²) in [6.07, 6.45) is -8.64. The van der Waals surface area contributed by atoms with E-state index >= 15 is 0 Å². The quantitative estimate of drug-likeness (QED) is 0.505. The highest BCUT2D eigenvalue weighted by atomic mass is 19.4. The summed E-state index contributed by atoms with van der Waals surface area (Å²) in [7, 11) is 1.41. The summed E-state index contributed by atoms with van der Waals surface area (Å²) in [5.74, 6) is -0.716. The van der Waals surface area contributed by atoms with Crippen molar-refractivity contribution in [3.63, 3.8) is 0 Å². The first-order valence-corrected chi connectivity index (χ1v) is 10.7. The standard InChI is InChI=1S/C17H20F6N2O.C7H7F/c1-10(25(2)15(26)11-3-5-24-6-4-11)12-7-13(16(18,19)20)9-14(8-12)17(21,22)23;1-6-3-2-4-7(8)5-6/h7-11,24H,3-6H2,1-2H3;2-5H,1H3. The predicted molar refractivity (Wildman–Crippen MR) is 114 cm³/mol. The minimum atomic E-state index is -4.91. The number of hydrogen-bond acceptors (Lipinski definition) is 2. The highest BCUT2D eigenvalue weighted by Crippen LogP contribution is 2.38. The van der Waals surface area contributed by atoms with Gasteiger partial charge < -0.3 is 10.2 Å². The highest BCUT2D eigenvalue weighted by Gasteiger charge is 2.38. The molecule has 3 nitrogen and oxygen atoms in total. The van der Waals surface area contributed by atoms with Crippen LogP contribution in [0.25, 0.3) is 0 Å². The molecule has 0 radical (unpaired) electrons. The third-order valence-electron chi connectivity index (χ3n) is 5.69. The Labute approximate surface area is 193 Å². The van der Waals surface area contributed by atoms with Crippen molar-refractivity contribution >= 4 is 5.91 Å². The lowest BCUT2D eigenvalue weighted by Gasteiger charge is -2.31. The Morgan fingerprint density at radius 1 is 0.971 bits per heavy atom. The Balaban J connectivity index is 0.000000430. The van der Waals surface area contributed by atoms with Crippen molar-refractivity contribution in [3.8, 4) is 0 Å². The molecule has 1 unspecified atom stereocenters. The lowest BCUT2D eigenvalue weighted by atomic mass is 9.94. The van der Waals surface area contributed by atoms with Gasteiger partial charge >= 0.3 is 12.4 Å². The van der Waals surface area contributed by atoms with Gasteiger partial charge in [0.15, 0.2) is 0 Å². The number of hydrogen-bond donors (Lipinski definition) is 1. The molecule has 188 valence electrons. The molecule has 0 spiro atoms. The van der Waals surface area contributed by atoms with E-state index in [-0.39, 0.29) is 29.3 Å². The Kier molecular flexibility index (Phi) is 9.10. The van der Waals surface area contributed by atoms with E-state index in [1.54, 1.807) is 6.07 Å². The average Bonchev–Trinajstić information content (AvgIpc) is 2.77. The number of carbonyl (C=O) groups is 1. The van der Waals surface area contributed by atoms with Gasteiger partial charge in [0.2, 0.25) is 5.91 Å². The zero-order valence-corrected chi connectivity index (χ0v) is 19.0. The van der Waals surface area contributed by atoms with Crippen LogP contribution in [0.4, 0.5) is 30.7 Å². The third-order valence-corrected chi connectivity index (χ3v) is 5.69. The maximum Gasteiger partial charge on any atom is 0.416 e. The molecule has 1 heterocycles. The van der Waals surface area contributed by atoms with E-state index in [1.165, 1.54) is 31.0 Å². The van der Waals surface area contributed by atoms with Gasteiger partial charge in [0.25, 0.3) is 0 Å². The molecule has 1 fully saturated rings. The van der Waals surface area contributed by atoms with Crippen LogP contribution in [-0.2, 0) is 17.1 Å². The molecule has 3 rings (SSSR count). The van der Waals surface area contributed by atoms with E-state index in [9.17, 15) is 35.5 Å². The fourth-order valence-electron chi connectivity index (χ4n) is 3.60. The molecule has 34 heavy (non-hydrogen) atoms. The van der Waals surface area contributed by atoms with Crippen LogP contribution in [0.1, 0.15) is 48.1 Å². The van der Waals surface area contributed by atoms with Crippen molar-refractivity contribution in [1.29, 1.82) is 0 Å². The molecule has 0 aliphatic carbocycles. The minimum absolute atomic E-state index is 0.0881. The summed E-state index contributed by atoms with van der Waals surface area (Å²) < 4.78 is 90.1. The topological polar surface area (TPSA) is 32.3 Å². The fourth-order valence-corrected chi connectivity index (χ4v) is 3.60. The largest absolute Gasteiger partial charge is 0.416 e. The molecule has 0 bridgehead atoms. The first-order chi connectivity index (χ1) is 15.7. The minimum Gasteiger partial charge on any atom is -0.339 e. The molecule has 1 amide bonds. The molecular weight excluding hydrogens is 465 g/mol. The van der Waals surface area contributed by atoms with Crippen LogP contribution in [0.3, 0.4) is 0 Å². The fraction of sp³-hybridized carbons (Fsp3) is 0.458. The van der Waals surface area contributed by atoms with Crippen molar-refractivity contribution in [2.45, 2.75) is 45.1 Å². The van der Waals surface area contributed by atoms with Gasteiger partial charge in [-0.3, -0.25) is 4.79 Å². The number of nitrogens with zero attached hydrogens (tertiary/aromatic N) is 1. The zero-order chi connectivity index (χ0) is 25.7. The van der Waals surface area contributed by atoms with E-state index in [2.05, 4.69) is 5.32 Å². The van der Waals surface area contributed by atoms with Crippen LogP contribution in [0.2, 0.25) is 0 Å². The lowest BCUT2D eigenvalue weighted by molar-refractivity contribution is -0.143. The van der Waals surface area contributed by atoms with Crippen LogP contribution in [-0.4, -0.2) is 30.9 Å². The summed E-state index contributed by atoms with van der Waals surface area (Å²) in [5, 5.41) is 3.10. The Hall–Kier alpha value is -2.62. The molecule has 1 N–H and O–H groups in total. The second-order valence-corrected chi connectivity index (χ2v) is 8.29. The van der Waals surface area contributed by atoms with Gasteiger partial charge in [-0.15, -0.1) is 0 Å². The normalized spacial score (nSPS) is 15.8. The summed E-state index contributed by atoms with van der Waals surface area (Å²) in [4.78, 5) is 13.8. The van der Waals surface area contributed by atoms with E-state index in [0.717, 1.165) is 5.56 Å². The Bertz CT molecular complexity index is 917. The van der Waals surface area contributed by atoms with Gasteiger partial charge in [-0.25, -0.2) is 4.39 Å². The van der Waals surface area contributed by atoms with Crippen LogP contribution in [0, 0.1) is 18.7 Å². The lowest BCUT2D eigenvalue weighted by Crippen LogP contribution is -2.40. The van der Waals surface area contributed by atoms with Crippen LogP contribution >= 0.6 is 0 Å². The SMILES string of the molecule is CC(c1cc(C(F)(F)F)cc(C(F)(F)F)c1)N(C)C(=O)C1CCNCC1.Cc1cccc(F)c1. The zero-order valence-electron chi connectivity index (χ0n) is 19.0. The molecule has 10 heteroatoms. The Morgan fingerprint density at radius 3 is 1.91 bits per heavy atom. The van der Waals surface area contributed by atoms with E-state index in [0.29, 0.717) is 38.1 Å². The first-order valence-electron chi connectivity index (χ1n) is 10.7. The molecule has 1 atom stereocenters. The van der Waals surface area contributed by atoms with Gasteiger partial charge in [0.05, 0.1) is 17.2 Å². The molecule has 1 saturated heterocycles. The summed E-state index contributed by atoms with van der Waals surface area (Å²) in [5.41, 5.74) is -1.99. The van der Waals surface area contributed by atoms with E-state index in [1.807, 2.05) is 13.0 Å². The van der Waals surface area contributed by atoms with Gasteiger partial charge in [-0.2, -0.15) is 26.3 Å². The Morgan fingerprint density at radius 2 is 1.50 bits per heavy atom. The number of halogens is 7. The van der Waals surface area contributed by atoms with Gasteiger partial charge in [0, 0.05) is 13.0 Å². The molecular formula is C24H27F7N2O. The average molecular weight is 492 g/mol. The predicted octanol–water partition coefficient (Wildman–Crippen LogP) is 6.38. The van der Waals surface area contributed by atoms with Crippen molar-refractivity contribution < 1.29 is 35.5 Å².